The topological polar surface area (TPSA) is 97.6 Å². The fraction of sp³-hybridized carbons (Fsp3) is 0.238. The highest BCUT2D eigenvalue weighted by Gasteiger charge is 2.14. The molecule has 2 aromatic heterocycles. The molecule has 0 aliphatic carbocycles. The van der Waals surface area contributed by atoms with Crippen LogP contribution < -0.4 is 16.2 Å². The summed E-state index contributed by atoms with van der Waals surface area (Å²) in [5.74, 6) is -0.238. The van der Waals surface area contributed by atoms with Gasteiger partial charge in [-0.25, -0.2) is 4.98 Å². The molecule has 0 saturated carbocycles. The Hall–Kier alpha value is -3.30. The molecule has 0 aliphatic heterocycles. The van der Waals surface area contributed by atoms with E-state index in [0.717, 1.165) is 16.8 Å². The summed E-state index contributed by atoms with van der Waals surface area (Å²) in [6, 6.07) is 10.9. The minimum absolute atomic E-state index is 0.238. The maximum absolute atomic E-state index is 12.9. The van der Waals surface area contributed by atoms with Gasteiger partial charge in [0.1, 0.15) is 0 Å². The third kappa shape index (κ3) is 3.89. The van der Waals surface area contributed by atoms with Gasteiger partial charge in [-0.1, -0.05) is 23.5 Å². The van der Waals surface area contributed by atoms with E-state index in [0.29, 0.717) is 39.7 Å². The molecule has 0 radical (unpaired) electrons. The van der Waals surface area contributed by atoms with Crippen LogP contribution in [0.1, 0.15) is 21.5 Å². The van der Waals surface area contributed by atoms with Gasteiger partial charge in [0.05, 0.1) is 17.5 Å². The predicted molar refractivity (Wildman–Crippen MR) is 118 cm³/mol. The van der Waals surface area contributed by atoms with Crippen molar-refractivity contribution in [3.05, 3.63) is 63.4 Å². The van der Waals surface area contributed by atoms with E-state index in [4.69, 9.17) is 4.74 Å². The van der Waals surface area contributed by atoms with Crippen LogP contribution in [0.5, 0.6) is 0 Å². The molecule has 0 aliphatic rings. The highest BCUT2D eigenvalue weighted by molar-refractivity contribution is 7.20. The third-order valence-electron chi connectivity index (χ3n) is 4.69. The number of aryl methyl sites for hydroxylation is 2. The lowest BCUT2D eigenvalue weighted by Gasteiger charge is -2.06. The van der Waals surface area contributed by atoms with Crippen molar-refractivity contribution in [3.8, 4) is 0 Å². The number of carbonyl (C=O) groups excluding carboxylic acids is 1. The van der Waals surface area contributed by atoms with Gasteiger partial charge in [0.2, 0.25) is 10.1 Å². The van der Waals surface area contributed by atoms with Crippen LogP contribution in [0.3, 0.4) is 0 Å². The zero-order valence-electron chi connectivity index (χ0n) is 16.9. The Kier molecular flexibility index (Phi) is 5.47. The van der Waals surface area contributed by atoms with Crippen molar-refractivity contribution in [1.29, 1.82) is 0 Å². The van der Waals surface area contributed by atoms with Crippen LogP contribution in [0, 0.1) is 13.8 Å². The minimum Gasteiger partial charge on any atom is -0.383 e. The molecule has 30 heavy (non-hydrogen) atoms. The highest BCUT2D eigenvalue weighted by atomic mass is 32.1. The smallest absolute Gasteiger partial charge is 0.283 e. The van der Waals surface area contributed by atoms with Gasteiger partial charge in [0.15, 0.2) is 0 Å². The molecule has 4 rings (SSSR count). The summed E-state index contributed by atoms with van der Waals surface area (Å²) in [6.45, 7) is 4.86. The fourth-order valence-electron chi connectivity index (χ4n) is 3.05. The van der Waals surface area contributed by atoms with Crippen molar-refractivity contribution in [1.82, 2.24) is 19.9 Å². The SMILES string of the molecule is COCCNC(=O)c1ccc2c(=O)n3nc(Nc4cc(C)ccc4C)sc3nc2c1. The summed E-state index contributed by atoms with van der Waals surface area (Å²) in [4.78, 5) is 30.2. The Labute approximate surface area is 176 Å². The Balaban J connectivity index is 1.70. The summed E-state index contributed by atoms with van der Waals surface area (Å²) in [6.07, 6.45) is 0. The maximum atomic E-state index is 12.9. The van der Waals surface area contributed by atoms with Gasteiger partial charge < -0.3 is 15.4 Å². The first-order chi connectivity index (χ1) is 14.5. The second-order valence-electron chi connectivity index (χ2n) is 6.94. The van der Waals surface area contributed by atoms with E-state index in [1.165, 1.54) is 15.9 Å². The summed E-state index contributed by atoms with van der Waals surface area (Å²) in [5.41, 5.74) is 3.76. The number of carbonyl (C=O) groups is 1. The Morgan fingerprint density at radius 2 is 2.03 bits per heavy atom. The summed E-state index contributed by atoms with van der Waals surface area (Å²) in [5, 5.41) is 11.4. The van der Waals surface area contributed by atoms with Gasteiger partial charge in [-0.05, 0) is 49.2 Å². The second-order valence-corrected chi connectivity index (χ2v) is 7.90. The highest BCUT2D eigenvalue weighted by Crippen LogP contribution is 2.25. The van der Waals surface area contributed by atoms with Crippen molar-refractivity contribution < 1.29 is 9.53 Å². The van der Waals surface area contributed by atoms with Gasteiger partial charge in [-0.2, -0.15) is 4.52 Å². The van der Waals surface area contributed by atoms with E-state index in [-0.39, 0.29) is 11.5 Å². The maximum Gasteiger partial charge on any atom is 0.283 e. The van der Waals surface area contributed by atoms with E-state index < -0.39 is 0 Å². The van der Waals surface area contributed by atoms with Crippen molar-refractivity contribution in [2.24, 2.45) is 0 Å². The summed E-state index contributed by atoms with van der Waals surface area (Å²) in [7, 11) is 1.57. The van der Waals surface area contributed by atoms with Crippen LogP contribution in [0.2, 0.25) is 0 Å². The van der Waals surface area contributed by atoms with Gasteiger partial charge >= 0.3 is 0 Å². The number of methoxy groups -OCH3 is 1. The normalized spacial score (nSPS) is 11.2. The fourth-order valence-corrected chi connectivity index (χ4v) is 3.87. The molecular formula is C21H21N5O3S. The molecule has 154 valence electrons. The van der Waals surface area contributed by atoms with Crippen LogP contribution in [-0.4, -0.2) is 40.8 Å². The Bertz CT molecular complexity index is 1310. The molecule has 0 spiro atoms. The van der Waals surface area contributed by atoms with Crippen molar-refractivity contribution in [2.45, 2.75) is 13.8 Å². The van der Waals surface area contributed by atoms with Gasteiger partial charge in [-0.15, -0.1) is 5.10 Å². The quantitative estimate of drug-likeness (QED) is 0.463. The lowest BCUT2D eigenvalue weighted by Crippen LogP contribution is -2.27. The van der Waals surface area contributed by atoms with Crippen LogP contribution in [0.25, 0.3) is 15.9 Å². The van der Waals surface area contributed by atoms with Crippen molar-refractivity contribution in [2.75, 3.05) is 25.6 Å². The summed E-state index contributed by atoms with van der Waals surface area (Å²) < 4.78 is 6.23. The third-order valence-corrected chi connectivity index (χ3v) is 5.51. The number of hydrogen-bond acceptors (Lipinski definition) is 7. The lowest BCUT2D eigenvalue weighted by molar-refractivity contribution is 0.0937. The number of nitrogens with one attached hydrogen (secondary N) is 2. The Morgan fingerprint density at radius 1 is 1.20 bits per heavy atom. The summed E-state index contributed by atoms with van der Waals surface area (Å²) >= 11 is 1.28. The van der Waals surface area contributed by atoms with Crippen molar-refractivity contribution in [3.63, 3.8) is 0 Å². The van der Waals surface area contributed by atoms with Crippen LogP contribution >= 0.6 is 11.3 Å². The van der Waals surface area contributed by atoms with Crippen molar-refractivity contribution >= 4 is 43.9 Å². The number of anilines is 2. The predicted octanol–water partition coefficient (Wildman–Crippen LogP) is 3.04. The first-order valence-corrected chi connectivity index (χ1v) is 10.2. The van der Waals surface area contributed by atoms with E-state index in [2.05, 4.69) is 20.7 Å². The van der Waals surface area contributed by atoms with Crippen LogP contribution in [0.4, 0.5) is 10.8 Å². The van der Waals surface area contributed by atoms with E-state index >= 15 is 0 Å². The molecule has 2 N–H and O–H groups in total. The molecule has 2 heterocycles. The molecule has 0 saturated heterocycles. The molecule has 2 aromatic carbocycles. The number of amides is 1. The first kappa shape index (κ1) is 20.0. The molecule has 0 bridgehead atoms. The van der Waals surface area contributed by atoms with E-state index in [1.807, 2.05) is 32.0 Å². The molecule has 0 fully saturated rings. The van der Waals surface area contributed by atoms with E-state index in [1.54, 1.807) is 25.3 Å². The molecule has 0 atom stereocenters. The second kappa shape index (κ2) is 8.21. The lowest BCUT2D eigenvalue weighted by atomic mass is 10.1. The molecule has 8 nitrogen and oxygen atoms in total. The average molecular weight is 423 g/mol. The number of fused-ring (bicyclic) bond motifs is 2. The monoisotopic (exact) mass is 423 g/mol. The van der Waals surface area contributed by atoms with Gasteiger partial charge in [-0.3, -0.25) is 9.59 Å². The molecule has 1 amide bonds. The molecule has 9 heteroatoms. The standard InChI is InChI=1S/C21H21N5O3S/c1-12-4-5-13(2)16(10-12)23-20-25-26-19(28)15-7-6-14(18(27)22-8-9-29-3)11-17(15)24-21(26)30-20/h4-7,10-11H,8-9H2,1-3H3,(H,22,27)(H,23,25). The number of benzene rings is 2. The minimum atomic E-state index is -0.272. The number of ether oxygens (including phenoxy) is 1. The van der Waals surface area contributed by atoms with Gasteiger partial charge in [0.25, 0.3) is 11.5 Å². The Morgan fingerprint density at radius 3 is 2.83 bits per heavy atom. The first-order valence-electron chi connectivity index (χ1n) is 9.41. The molecule has 0 unspecified atom stereocenters. The molecular weight excluding hydrogens is 402 g/mol. The number of aromatic nitrogens is 3. The molecule has 4 aromatic rings. The number of hydrogen-bond donors (Lipinski definition) is 2. The zero-order chi connectivity index (χ0) is 21.3. The largest absolute Gasteiger partial charge is 0.383 e. The zero-order valence-corrected chi connectivity index (χ0v) is 17.7. The number of nitrogens with zero attached hydrogens (tertiary/aromatic N) is 3. The van der Waals surface area contributed by atoms with Crippen LogP contribution in [-0.2, 0) is 4.74 Å². The average Bonchev–Trinajstić information content (AvgIpc) is 3.13. The number of rotatable bonds is 6. The van der Waals surface area contributed by atoms with Gasteiger partial charge in [0, 0.05) is 24.9 Å². The van der Waals surface area contributed by atoms with E-state index in [9.17, 15) is 9.59 Å². The van der Waals surface area contributed by atoms with Crippen LogP contribution in [0.15, 0.2) is 41.2 Å².